The highest BCUT2D eigenvalue weighted by Gasteiger charge is 2.24. The van der Waals surface area contributed by atoms with Crippen LogP contribution in [0.1, 0.15) is 33.4 Å². The number of H-pyrrole nitrogens is 1. The van der Waals surface area contributed by atoms with Crippen LogP contribution in [0.4, 0.5) is 8.78 Å². The Morgan fingerprint density at radius 1 is 1.15 bits per heavy atom. The largest absolute Gasteiger partial charge is 0.359 e. The van der Waals surface area contributed by atoms with Crippen molar-refractivity contribution in [3.8, 4) is 11.3 Å². The molecule has 4 aromatic heterocycles. The maximum absolute atomic E-state index is 13.6. The van der Waals surface area contributed by atoms with Crippen molar-refractivity contribution in [2.45, 2.75) is 19.0 Å². The Bertz CT molecular complexity index is 1740. The minimum Gasteiger partial charge on any atom is -0.359 e. The fourth-order valence-electron chi connectivity index (χ4n) is 4.13. The third-order valence-electron chi connectivity index (χ3n) is 6.12. The lowest BCUT2D eigenvalue weighted by molar-refractivity contribution is -0.121. The molecule has 0 unspecified atom stereocenters. The summed E-state index contributed by atoms with van der Waals surface area (Å²) in [5, 5.41) is 8.50. The summed E-state index contributed by atoms with van der Waals surface area (Å²) in [5.41, 5.74) is 1.76. The van der Waals surface area contributed by atoms with E-state index in [0.29, 0.717) is 21.9 Å². The van der Waals surface area contributed by atoms with Crippen LogP contribution in [0.3, 0.4) is 0 Å². The number of amides is 2. The molecule has 5 rings (SSSR count). The number of halogens is 2. The molecule has 0 aliphatic rings. The van der Waals surface area contributed by atoms with Crippen LogP contribution in [0, 0.1) is 11.6 Å². The monoisotopic (exact) mass is 548 g/mol. The standard InChI is InChI=1S/C27H22F2N6O3S/c1-30-23(36)11-21(26-34-22(14-39-26)18-12-32-24-16(18)4-2-8-31-24)33-25(37)17-5-3-9-35(27(17)38)13-15-6-7-19(28)20(29)10-15/h2-10,12,14,21H,11,13H2,1H3,(H,30,36)(H,31,32)(H,33,37)/t21-/m1/s1. The van der Waals surface area contributed by atoms with Crippen LogP contribution in [-0.2, 0) is 11.3 Å². The second kappa shape index (κ2) is 11.0. The molecule has 0 aliphatic carbocycles. The zero-order valence-corrected chi connectivity index (χ0v) is 21.4. The summed E-state index contributed by atoms with van der Waals surface area (Å²) in [4.78, 5) is 50.6. The molecule has 0 radical (unpaired) electrons. The number of aromatic amines is 1. The Hall–Kier alpha value is -4.71. The molecule has 1 atom stereocenters. The number of carbonyl (C=O) groups is 2. The summed E-state index contributed by atoms with van der Waals surface area (Å²) < 4.78 is 28.1. The topological polar surface area (TPSA) is 122 Å². The van der Waals surface area contributed by atoms with Gasteiger partial charge < -0.3 is 20.2 Å². The molecule has 0 saturated carbocycles. The van der Waals surface area contributed by atoms with E-state index < -0.39 is 29.1 Å². The predicted octanol–water partition coefficient (Wildman–Crippen LogP) is 3.78. The summed E-state index contributed by atoms with van der Waals surface area (Å²) in [5.74, 6) is -3.04. The Kier molecular flexibility index (Phi) is 7.28. The van der Waals surface area contributed by atoms with E-state index in [4.69, 9.17) is 0 Å². The number of nitrogens with zero attached hydrogens (tertiary/aromatic N) is 3. The highest BCUT2D eigenvalue weighted by molar-refractivity contribution is 7.10. The first kappa shape index (κ1) is 25.9. The van der Waals surface area contributed by atoms with Crippen LogP contribution in [0.2, 0.25) is 0 Å². The van der Waals surface area contributed by atoms with Gasteiger partial charge in [0.1, 0.15) is 16.2 Å². The number of hydrogen-bond donors (Lipinski definition) is 3. The molecule has 0 fully saturated rings. The fraction of sp³-hybridized carbons (Fsp3) is 0.148. The molecule has 39 heavy (non-hydrogen) atoms. The van der Waals surface area contributed by atoms with Gasteiger partial charge in [-0.1, -0.05) is 6.07 Å². The van der Waals surface area contributed by atoms with Crippen molar-refractivity contribution in [1.29, 1.82) is 0 Å². The SMILES string of the molecule is CNC(=O)C[C@@H](NC(=O)c1cccn(Cc2ccc(F)c(F)c2)c1=O)c1nc(-c2c[nH]c3ncccc23)cs1. The van der Waals surface area contributed by atoms with E-state index in [1.54, 1.807) is 12.4 Å². The zero-order valence-electron chi connectivity index (χ0n) is 20.6. The van der Waals surface area contributed by atoms with E-state index in [0.717, 1.165) is 23.1 Å². The second-order valence-corrected chi connectivity index (χ2v) is 9.57. The summed E-state index contributed by atoms with van der Waals surface area (Å²) in [6.45, 7) is -0.0614. The maximum Gasteiger partial charge on any atom is 0.263 e. The van der Waals surface area contributed by atoms with E-state index >= 15 is 0 Å². The van der Waals surface area contributed by atoms with E-state index in [1.807, 2.05) is 17.5 Å². The number of hydrogen-bond acceptors (Lipinski definition) is 6. The number of aromatic nitrogens is 4. The van der Waals surface area contributed by atoms with Gasteiger partial charge in [-0.05, 0) is 42.0 Å². The summed E-state index contributed by atoms with van der Waals surface area (Å²) in [7, 11) is 1.49. The van der Waals surface area contributed by atoms with Gasteiger partial charge in [0.2, 0.25) is 5.91 Å². The highest BCUT2D eigenvalue weighted by atomic mass is 32.1. The average molecular weight is 549 g/mol. The Labute approximate surface area is 224 Å². The summed E-state index contributed by atoms with van der Waals surface area (Å²) >= 11 is 1.28. The van der Waals surface area contributed by atoms with Crippen LogP contribution in [-0.4, -0.2) is 38.4 Å². The molecule has 12 heteroatoms. The van der Waals surface area contributed by atoms with Gasteiger partial charge in [-0.25, -0.2) is 18.7 Å². The van der Waals surface area contributed by atoms with Crippen LogP contribution >= 0.6 is 11.3 Å². The van der Waals surface area contributed by atoms with Crippen molar-refractivity contribution in [2.24, 2.45) is 0 Å². The smallest absolute Gasteiger partial charge is 0.263 e. The predicted molar refractivity (Wildman–Crippen MR) is 142 cm³/mol. The van der Waals surface area contributed by atoms with Crippen LogP contribution in [0.25, 0.3) is 22.3 Å². The van der Waals surface area contributed by atoms with Crippen LogP contribution in [0.5, 0.6) is 0 Å². The normalized spacial score (nSPS) is 11.9. The molecule has 5 aromatic rings. The Balaban J connectivity index is 1.41. The minimum atomic E-state index is -1.03. The fourth-order valence-corrected chi connectivity index (χ4v) is 5.00. The summed E-state index contributed by atoms with van der Waals surface area (Å²) in [6.07, 6.45) is 4.83. The van der Waals surface area contributed by atoms with E-state index in [9.17, 15) is 23.2 Å². The Morgan fingerprint density at radius 3 is 2.79 bits per heavy atom. The third kappa shape index (κ3) is 5.46. The van der Waals surface area contributed by atoms with Crippen LogP contribution < -0.4 is 16.2 Å². The van der Waals surface area contributed by atoms with Crippen LogP contribution in [0.15, 0.2) is 71.2 Å². The summed E-state index contributed by atoms with van der Waals surface area (Å²) in [6, 6.07) is 9.14. The Morgan fingerprint density at radius 2 is 2.00 bits per heavy atom. The molecular formula is C27H22F2N6O3S. The first-order chi connectivity index (χ1) is 18.8. The van der Waals surface area contributed by atoms with E-state index in [-0.39, 0.29) is 24.4 Å². The number of pyridine rings is 2. The van der Waals surface area contributed by atoms with Crippen molar-refractivity contribution < 1.29 is 18.4 Å². The highest BCUT2D eigenvalue weighted by Crippen LogP contribution is 2.31. The molecule has 1 aromatic carbocycles. The molecule has 0 saturated heterocycles. The van der Waals surface area contributed by atoms with E-state index in [2.05, 4.69) is 25.6 Å². The lowest BCUT2D eigenvalue weighted by Gasteiger charge is -2.16. The zero-order chi connectivity index (χ0) is 27.5. The molecular weight excluding hydrogens is 526 g/mol. The first-order valence-electron chi connectivity index (χ1n) is 11.9. The molecule has 4 heterocycles. The van der Waals surface area contributed by atoms with Crippen molar-refractivity contribution in [2.75, 3.05) is 7.05 Å². The van der Waals surface area contributed by atoms with Gasteiger partial charge >= 0.3 is 0 Å². The van der Waals surface area contributed by atoms with Crippen molar-refractivity contribution in [3.63, 3.8) is 0 Å². The first-order valence-corrected chi connectivity index (χ1v) is 12.7. The molecule has 0 aliphatic heterocycles. The maximum atomic E-state index is 13.6. The number of nitrogens with one attached hydrogen (secondary N) is 3. The van der Waals surface area contributed by atoms with Gasteiger partial charge in [0, 0.05) is 42.0 Å². The number of fused-ring (bicyclic) bond motifs is 1. The van der Waals surface area contributed by atoms with Crippen molar-refractivity contribution in [1.82, 2.24) is 30.2 Å². The van der Waals surface area contributed by atoms with Gasteiger partial charge in [0.25, 0.3) is 11.5 Å². The lowest BCUT2D eigenvalue weighted by Crippen LogP contribution is -2.37. The van der Waals surface area contributed by atoms with Gasteiger partial charge in [-0.2, -0.15) is 0 Å². The molecule has 2 amide bonds. The quantitative estimate of drug-likeness (QED) is 0.273. The van der Waals surface area contributed by atoms with Gasteiger partial charge in [0.05, 0.1) is 24.7 Å². The van der Waals surface area contributed by atoms with Crippen molar-refractivity contribution in [3.05, 3.63) is 105 Å². The van der Waals surface area contributed by atoms with Gasteiger partial charge in [-0.15, -0.1) is 11.3 Å². The number of carbonyl (C=O) groups excluding carboxylic acids is 2. The number of thiazole rings is 1. The molecule has 0 bridgehead atoms. The number of rotatable bonds is 8. The second-order valence-electron chi connectivity index (χ2n) is 8.68. The van der Waals surface area contributed by atoms with Gasteiger partial charge in [-0.3, -0.25) is 14.4 Å². The molecule has 198 valence electrons. The average Bonchev–Trinajstić information content (AvgIpc) is 3.59. The van der Waals surface area contributed by atoms with Crippen molar-refractivity contribution >= 4 is 34.2 Å². The van der Waals surface area contributed by atoms with E-state index in [1.165, 1.54) is 47.3 Å². The molecule has 3 N–H and O–H groups in total. The molecule has 9 nitrogen and oxygen atoms in total. The minimum absolute atomic E-state index is 0.0614. The van der Waals surface area contributed by atoms with Gasteiger partial charge in [0.15, 0.2) is 11.6 Å². The number of benzene rings is 1. The molecule has 0 spiro atoms. The third-order valence-corrected chi connectivity index (χ3v) is 7.08. The lowest BCUT2D eigenvalue weighted by atomic mass is 10.1.